The van der Waals surface area contributed by atoms with Gasteiger partial charge in [0.1, 0.15) is 5.82 Å². The van der Waals surface area contributed by atoms with Crippen molar-refractivity contribution in [1.29, 1.82) is 0 Å². The molecule has 1 fully saturated rings. The van der Waals surface area contributed by atoms with Gasteiger partial charge in [-0.2, -0.15) is 0 Å². The smallest absolute Gasteiger partial charge is 0.236 e. The molecule has 0 unspecified atom stereocenters. The summed E-state index contributed by atoms with van der Waals surface area (Å²) in [6, 6.07) is 8.52. The van der Waals surface area contributed by atoms with Crippen molar-refractivity contribution in [3.63, 3.8) is 0 Å². The van der Waals surface area contributed by atoms with Crippen molar-refractivity contribution in [2.24, 2.45) is 0 Å². The Kier molecular flexibility index (Phi) is 4.61. The van der Waals surface area contributed by atoms with E-state index in [2.05, 4.69) is 21.2 Å². The predicted octanol–water partition coefficient (Wildman–Crippen LogP) is 4.34. The molecule has 2 heterocycles. The Morgan fingerprint density at radius 1 is 1.32 bits per heavy atom. The Bertz CT molecular complexity index is 669. The molecular weight excluding hydrogens is 369 g/mol. The molecule has 0 saturated carbocycles. The lowest BCUT2D eigenvalue weighted by Crippen LogP contribution is -2.44. The van der Waals surface area contributed by atoms with Gasteiger partial charge >= 0.3 is 0 Å². The van der Waals surface area contributed by atoms with Gasteiger partial charge in [0.2, 0.25) is 5.91 Å². The van der Waals surface area contributed by atoms with E-state index in [0.29, 0.717) is 30.5 Å². The fourth-order valence-electron chi connectivity index (χ4n) is 2.69. The third kappa shape index (κ3) is 2.95. The van der Waals surface area contributed by atoms with Crippen LogP contribution >= 0.6 is 27.3 Å². The number of carbonyl (C=O) groups is 1. The summed E-state index contributed by atoms with van der Waals surface area (Å²) < 4.78 is 20.0. The predicted molar refractivity (Wildman–Crippen MR) is 88.8 cm³/mol. The van der Waals surface area contributed by atoms with Crippen LogP contribution in [-0.4, -0.2) is 19.1 Å². The summed E-state index contributed by atoms with van der Waals surface area (Å²) in [7, 11) is 0. The zero-order chi connectivity index (χ0) is 15.6. The first kappa shape index (κ1) is 15.6. The van der Waals surface area contributed by atoms with Crippen molar-refractivity contribution >= 4 is 38.9 Å². The molecule has 0 aliphatic carbocycles. The van der Waals surface area contributed by atoms with Crippen LogP contribution in [0.2, 0.25) is 0 Å². The van der Waals surface area contributed by atoms with Gasteiger partial charge in [-0.05, 0) is 42.5 Å². The van der Waals surface area contributed by atoms with Gasteiger partial charge in [0.15, 0.2) is 0 Å². The lowest BCUT2D eigenvalue weighted by Gasteiger charge is -2.35. The minimum atomic E-state index is -0.633. The van der Waals surface area contributed by atoms with E-state index < -0.39 is 11.2 Å². The molecule has 1 N–H and O–H groups in total. The van der Waals surface area contributed by atoms with E-state index in [-0.39, 0.29) is 11.6 Å². The Balaban J connectivity index is 1.90. The largest absolute Gasteiger partial charge is 0.381 e. The zero-order valence-corrected chi connectivity index (χ0v) is 14.2. The molecule has 0 atom stereocenters. The molecule has 1 aliphatic heterocycles. The zero-order valence-electron chi connectivity index (χ0n) is 11.8. The molecule has 1 saturated heterocycles. The number of thiophene rings is 1. The first-order valence-corrected chi connectivity index (χ1v) is 8.67. The molecule has 1 aliphatic rings. The highest BCUT2D eigenvalue weighted by Gasteiger charge is 2.42. The molecule has 6 heteroatoms. The lowest BCUT2D eigenvalue weighted by molar-refractivity contribution is -0.125. The Labute approximate surface area is 140 Å². The highest BCUT2D eigenvalue weighted by atomic mass is 79.9. The summed E-state index contributed by atoms with van der Waals surface area (Å²) in [5, 5.41) is 4.71. The average Bonchev–Trinajstić information content (AvgIpc) is 3.05. The van der Waals surface area contributed by atoms with E-state index in [1.807, 2.05) is 17.5 Å². The Morgan fingerprint density at radius 2 is 2.09 bits per heavy atom. The van der Waals surface area contributed by atoms with Crippen LogP contribution in [0.1, 0.15) is 17.7 Å². The van der Waals surface area contributed by atoms with Gasteiger partial charge in [0, 0.05) is 22.6 Å². The monoisotopic (exact) mass is 383 g/mol. The molecule has 0 spiro atoms. The van der Waals surface area contributed by atoms with Crippen molar-refractivity contribution in [3.8, 4) is 0 Å². The van der Waals surface area contributed by atoms with Crippen LogP contribution in [0.4, 0.5) is 10.1 Å². The third-order valence-corrected chi connectivity index (χ3v) is 5.52. The highest BCUT2D eigenvalue weighted by molar-refractivity contribution is 9.10. The molecule has 22 heavy (non-hydrogen) atoms. The van der Waals surface area contributed by atoms with E-state index >= 15 is 0 Å². The first-order chi connectivity index (χ1) is 10.6. The molecule has 1 aromatic heterocycles. The fraction of sp³-hybridized carbons (Fsp3) is 0.312. The van der Waals surface area contributed by atoms with E-state index in [0.717, 1.165) is 4.88 Å². The maximum Gasteiger partial charge on any atom is 0.236 e. The van der Waals surface area contributed by atoms with Gasteiger partial charge in [0.25, 0.3) is 0 Å². The van der Waals surface area contributed by atoms with Crippen LogP contribution in [0, 0.1) is 5.82 Å². The maximum atomic E-state index is 14.0. The van der Waals surface area contributed by atoms with Crippen LogP contribution in [0.25, 0.3) is 0 Å². The number of hydrogen-bond acceptors (Lipinski definition) is 3. The number of benzene rings is 1. The number of ether oxygens (including phenoxy) is 1. The summed E-state index contributed by atoms with van der Waals surface area (Å²) >= 11 is 4.77. The number of anilines is 1. The molecule has 1 aromatic carbocycles. The first-order valence-electron chi connectivity index (χ1n) is 7.00. The molecule has 1 amide bonds. The SMILES string of the molecule is O=C(Nc1ccc(Br)cc1F)C1(c2cccs2)CCOCC1. The normalized spacial score (nSPS) is 17.2. The number of rotatable bonds is 3. The lowest BCUT2D eigenvalue weighted by atomic mass is 9.78. The van der Waals surface area contributed by atoms with Gasteiger partial charge in [-0.25, -0.2) is 4.39 Å². The van der Waals surface area contributed by atoms with Crippen molar-refractivity contribution in [1.82, 2.24) is 0 Å². The molecule has 116 valence electrons. The summed E-state index contributed by atoms with van der Waals surface area (Å²) in [5.41, 5.74) is -0.429. The van der Waals surface area contributed by atoms with Gasteiger partial charge in [-0.1, -0.05) is 22.0 Å². The number of hydrogen-bond donors (Lipinski definition) is 1. The van der Waals surface area contributed by atoms with E-state index in [1.54, 1.807) is 23.5 Å². The number of nitrogens with one attached hydrogen (secondary N) is 1. The van der Waals surface area contributed by atoms with Crippen LogP contribution in [0.3, 0.4) is 0 Å². The van der Waals surface area contributed by atoms with Crippen LogP contribution in [0.15, 0.2) is 40.2 Å². The van der Waals surface area contributed by atoms with Crippen LogP contribution < -0.4 is 5.32 Å². The Hall–Kier alpha value is -1.24. The van der Waals surface area contributed by atoms with Crippen molar-refractivity contribution in [2.45, 2.75) is 18.3 Å². The molecule has 0 radical (unpaired) electrons. The second-order valence-corrected chi connectivity index (χ2v) is 7.11. The standard InChI is InChI=1S/C16H15BrFNO2S/c17-11-3-4-13(12(18)10-11)19-15(20)16(5-7-21-8-6-16)14-2-1-9-22-14/h1-4,9-10H,5-8H2,(H,19,20). The van der Waals surface area contributed by atoms with Crippen molar-refractivity contribution in [2.75, 3.05) is 18.5 Å². The van der Waals surface area contributed by atoms with E-state index in [9.17, 15) is 9.18 Å². The quantitative estimate of drug-likeness (QED) is 0.855. The number of halogens is 2. The third-order valence-electron chi connectivity index (χ3n) is 3.95. The maximum absolute atomic E-state index is 14.0. The van der Waals surface area contributed by atoms with Crippen molar-refractivity contribution in [3.05, 3.63) is 50.9 Å². The average molecular weight is 384 g/mol. The Morgan fingerprint density at radius 3 is 2.73 bits per heavy atom. The number of amides is 1. The van der Waals surface area contributed by atoms with Gasteiger partial charge in [-0.15, -0.1) is 11.3 Å². The summed E-state index contributed by atoms with van der Waals surface area (Å²) in [6.45, 7) is 1.07. The fourth-order valence-corrected chi connectivity index (χ4v) is 4.01. The minimum Gasteiger partial charge on any atom is -0.381 e. The van der Waals surface area contributed by atoms with Crippen LogP contribution in [0.5, 0.6) is 0 Å². The minimum absolute atomic E-state index is 0.167. The molecule has 2 aromatic rings. The molecular formula is C16H15BrFNO2S. The summed E-state index contributed by atoms with van der Waals surface area (Å²) in [4.78, 5) is 13.9. The van der Waals surface area contributed by atoms with Crippen LogP contribution in [-0.2, 0) is 14.9 Å². The van der Waals surface area contributed by atoms with Gasteiger partial charge in [-0.3, -0.25) is 4.79 Å². The topological polar surface area (TPSA) is 38.3 Å². The number of carbonyl (C=O) groups excluding carboxylic acids is 1. The second-order valence-electron chi connectivity index (χ2n) is 5.25. The van der Waals surface area contributed by atoms with Gasteiger partial charge < -0.3 is 10.1 Å². The molecule has 0 bridgehead atoms. The van der Waals surface area contributed by atoms with E-state index in [4.69, 9.17) is 4.74 Å². The van der Waals surface area contributed by atoms with E-state index in [1.165, 1.54) is 6.07 Å². The van der Waals surface area contributed by atoms with Gasteiger partial charge in [0.05, 0.1) is 11.1 Å². The second kappa shape index (κ2) is 6.48. The summed E-state index contributed by atoms with van der Waals surface area (Å²) in [6.07, 6.45) is 1.22. The summed E-state index contributed by atoms with van der Waals surface area (Å²) in [5.74, 6) is -0.615. The molecule has 3 rings (SSSR count). The van der Waals surface area contributed by atoms with Crippen molar-refractivity contribution < 1.29 is 13.9 Å². The highest BCUT2D eigenvalue weighted by Crippen LogP contribution is 2.38. The molecule has 3 nitrogen and oxygen atoms in total.